The standard InChI is InChI=1S/C8H11BrN2O2/c1-5(9)4-10-8(12)7-3-6(2)11-13-7/h3,5H,4H2,1-2H3,(H,10,12). The van der Waals surface area contributed by atoms with Crippen molar-refractivity contribution in [3.8, 4) is 0 Å². The Bertz CT molecular complexity index is 296. The Morgan fingerprint density at radius 2 is 2.54 bits per heavy atom. The number of carbonyl (C=O) groups is 1. The predicted octanol–water partition coefficient (Wildman–Crippen LogP) is 1.50. The van der Waals surface area contributed by atoms with Gasteiger partial charge in [0.25, 0.3) is 5.91 Å². The fourth-order valence-corrected chi connectivity index (χ4v) is 0.953. The topological polar surface area (TPSA) is 55.1 Å². The molecule has 0 bridgehead atoms. The highest BCUT2D eigenvalue weighted by molar-refractivity contribution is 9.09. The molecule has 0 radical (unpaired) electrons. The Balaban J connectivity index is 2.49. The molecule has 4 nitrogen and oxygen atoms in total. The molecule has 5 heteroatoms. The molecular formula is C8H11BrN2O2. The van der Waals surface area contributed by atoms with Gasteiger partial charge in [0.15, 0.2) is 0 Å². The van der Waals surface area contributed by atoms with Crippen LogP contribution in [0.15, 0.2) is 10.6 Å². The first-order valence-corrected chi connectivity index (χ1v) is 4.86. The van der Waals surface area contributed by atoms with Crippen LogP contribution < -0.4 is 5.32 Å². The number of halogens is 1. The maximum absolute atomic E-state index is 11.3. The highest BCUT2D eigenvalue weighted by atomic mass is 79.9. The number of amides is 1. The second kappa shape index (κ2) is 4.41. The zero-order valence-corrected chi connectivity index (χ0v) is 9.09. The molecule has 0 aromatic carbocycles. The van der Waals surface area contributed by atoms with E-state index in [4.69, 9.17) is 4.52 Å². The van der Waals surface area contributed by atoms with Gasteiger partial charge in [-0.3, -0.25) is 4.79 Å². The van der Waals surface area contributed by atoms with Crippen molar-refractivity contribution in [2.75, 3.05) is 6.54 Å². The van der Waals surface area contributed by atoms with E-state index in [1.165, 1.54) is 0 Å². The van der Waals surface area contributed by atoms with E-state index in [1.54, 1.807) is 13.0 Å². The Hall–Kier alpha value is -0.840. The molecule has 72 valence electrons. The van der Waals surface area contributed by atoms with Crippen molar-refractivity contribution in [1.82, 2.24) is 10.5 Å². The van der Waals surface area contributed by atoms with Crippen LogP contribution in [0, 0.1) is 6.92 Å². The van der Waals surface area contributed by atoms with Crippen LogP contribution in [-0.4, -0.2) is 22.4 Å². The van der Waals surface area contributed by atoms with Crippen molar-refractivity contribution in [3.63, 3.8) is 0 Å². The largest absolute Gasteiger partial charge is 0.351 e. The molecule has 0 spiro atoms. The summed E-state index contributed by atoms with van der Waals surface area (Å²) in [7, 11) is 0. The molecule has 1 atom stereocenters. The first kappa shape index (κ1) is 10.2. The summed E-state index contributed by atoms with van der Waals surface area (Å²) in [6.45, 7) is 4.29. The molecule has 0 aliphatic heterocycles. The number of alkyl halides is 1. The summed E-state index contributed by atoms with van der Waals surface area (Å²) in [5, 5.41) is 6.31. The van der Waals surface area contributed by atoms with Gasteiger partial charge in [-0.05, 0) is 6.92 Å². The lowest BCUT2D eigenvalue weighted by Gasteiger charge is -2.02. The molecule has 1 aromatic rings. The zero-order chi connectivity index (χ0) is 9.84. The molecule has 0 fully saturated rings. The molecule has 0 saturated heterocycles. The van der Waals surface area contributed by atoms with E-state index >= 15 is 0 Å². The maximum atomic E-state index is 11.3. The molecule has 0 aliphatic rings. The van der Waals surface area contributed by atoms with Gasteiger partial charge in [0.05, 0.1) is 5.69 Å². The fraction of sp³-hybridized carbons (Fsp3) is 0.500. The van der Waals surface area contributed by atoms with Crippen LogP contribution in [0.25, 0.3) is 0 Å². The van der Waals surface area contributed by atoms with Gasteiger partial charge < -0.3 is 9.84 Å². The van der Waals surface area contributed by atoms with Crippen LogP contribution in [0.2, 0.25) is 0 Å². The van der Waals surface area contributed by atoms with Crippen molar-refractivity contribution < 1.29 is 9.32 Å². The van der Waals surface area contributed by atoms with Gasteiger partial charge in [0.1, 0.15) is 0 Å². The lowest BCUT2D eigenvalue weighted by atomic mass is 10.3. The molecule has 1 N–H and O–H groups in total. The van der Waals surface area contributed by atoms with E-state index in [0.29, 0.717) is 12.2 Å². The van der Waals surface area contributed by atoms with Crippen LogP contribution in [0.5, 0.6) is 0 Å². The minimum absolute atomic E-state index is 0.230. The molecule has 0 aliphatic carbocycles. The lowest BCUT2D eigenvalue weighted by molar-refractivity contribution is 0.0917. The summed E-state index contributed by atoms with van der Waals surface area (Å²) < 4.78 is 4.78. The number of aromatic nitrogens is 1. The number of hydrogen-bond donors (Lipinski definition) is 1. The smallest absolute Gasteiger partial charge is 0.289 e. The van der Waals surface area contributed by atoms with Crippen LogP contribution in [0.1, 0.15) is 23.2 Å². The Kier molecular flexibility index (Phi) is 3.48. The van der Waals surface area contributed by atoms with E-state index in [0.717, 1.165) is 0 Å². The number of nitrogens with zero attached hydrogens (tertiary/aromatic N) is 1. The van der Waals surface area contributed by atoms with E-state index in [2.05, 4.69) is 26.4 Å². The van der Waals surface area contributed by atoms with Crippen molar-refractivity contribution in [1.29, 1.82) is 0 Å². The summed E-state index contributed by atoms with van der Waals surface area (Å²) in [5.41, 5.74) is 0.706. The normalized spacial score (nSPS) is 12.5. The predicted molar refractivity (Wildman–Crippen MR) is 52.0 cm³/mol. The SMILES string of the molecule is Cc1cc(C(=O)NCC(C)Br)on1. The number of rotatable bonds is 3. The van der Waals surface area contributed by atoms with Crippen LogP contribution in [0.4, 0.5) is 0 Å². The van der Waals surface area contributed by atoms with E-state index in [1.807, 2.05) is 6.92 Å². The second-order valence-electron chi connectivity index (χ2n) is 2.82. The van der Waals surface area contributed by atoms with Gasteiger partial charge in [-0.25, -0.2) is 0 Å². The average Bonchev–Trinajstić information content (AvgIpc) is 2.47. The van der Waals surface area contributed by atoms with Crippen LogP contribution in [-0.2, 0) is 0 Å². The van der Waals surface area contributed by atoms with Crippen molar-refractivity contribution in [3.05, 3.63) is 17.5 Å². The summed E-state index contributed by atoms with van der Waals surface area (Å²) in [4.78, 5) is 11.5. The van der Waals surface area contributed by atoms with Gasteiger partial charge >= 0.3 is 0 Å². The summed E-state index contributed by atoms with van der Waals surface area (Å²) in [6.07, 6.45) is 0. The zero-order valence-electron chi connectivity index (χ0n) is 7.50. The lowest BCUT2D eigenvalue weighted by Crippen LogP contribution is -2.27. The van der Waals surface area contributed by atoms with Crippen LogP contribution in [0.3, 0.4) is 0 Å². The van der Waals surface area contributed by atoms with Gasteiger partial charge in [0.2, 0.25) is 5.76 Å². The quantitative estimate of drug-likeness (QED) is 0.823. The number of hydrogen-bond acceptors (Lipinski definition) is 3. The Morgan fingerprint density at radius 3 is 3.00 bits per heavy atom. The fourth-order valence-electron chi connectivity index (χ4n) is 0.791. The summed E-state index contributed by atoms with van der Waals surface area (Å²) >= 11 is 3.32. The third-order valence-electron chi connectivity index (χ3n) is 1.40. The summed E-state index contributed by atoms with van der Waals surface area (Å²) in [5.74, 6) is 0.0255. The Morgan fingerprint density at radius 1 is 1.85 bits per heavy atom. The van der Waals surface area contributed by atoms with Crippen molar-refractivity contribution in [2.45, 2.75) is 18.7 Å². The minimum Gasteiger partial charge on any atom is -0.351 e. The van der Waals surface area contributed by atoms with Crippen LogP contribution >= 0.6 is 15.9 Å². The average molecular weight is 247 g/mol. The first-order chi connectivity index (χ1) is 6.09. The van der Waals surface area contributed by atoms with E-state index in [-0.39, 0.29) is 16.5 Å². The Labute approximate surface area is 84.8 Å². The maximum Gasteiger partial charge on any atom is 0.289 e. The molecule has 1 unspecified atom stereocenters. The highest BCUT2D eigenvalue weighted by Gasteiger charge is 2.10. The molecular weight excluding hydrogens is 236 g/mol. The number of carbonyl (C=O) groups excluding carboxylic acids is 1. The molecule has 1 amide bonds. The van der Waals surface area contributed by atoms with Gasteiger partial charge in [-0.2, -0.15) is 0 Å². The van der Waals surface area contributed by atoms with E-state index in [9.17, 15) is 4.79 Å². The van der Waals surface area contributed by atoms with Gasteiger partial charge in [-0.1, -0.05) is 28.0 Å². The number of nitrogens with one attached hydrogen (secondary N) is 1. The van der Waals surface area contributed by atoms with Gasteiger partial charge in [-0.15, -0.1) is 0 Å². The third-order valence-corrected chi connectivity index (χ3v) is 1.72. The van der Waals surface area contributed by atoms with E-state index < -0.39 is 0 Å². The van der Waals surface area contributed by atoms with Gasteiger partial charge in [0, 0.05) is 17.4 Å². The highest BCUT2D eigenvalue weighted by Crippen LogP contribution is 2.02. The second-order valence-corrected chi connectivity index (χ2v) is 4.39. The molecule has 1 rings (SSSR count). The first-order valence-electron chi connectivity index (χ1n) is 3.95. The summed E-state index contributed by atoms with van der Waals surface area (Å²) in [6, 6.07) is 1.61. The minimum atomic E-state index is -0.230. The monoisotopic (exact) mass is 246 g/mol. The molecule has 1 heterocycles. The van der Waals surface area contributed by atoms with Crippen molar-refractivity contribution in [2.24, 2.45) is 0 Å². The molecule has 1 aromatic heterocycles. The third kappa shape index (κ3) is 3.18. The molecule has 13 heavy (non-hydrogen) atoms. The number of aryl methyl sites for hydroxylation is 1. The van der Waals surface area contributed by atoms with Crippen molar-refractivity contribution >= 4 is 21.8 Å². The molecule has 0 saturated carbocycles.